The normalized spacial score (nSPS) is 16.0. The van der Waals surface area contributed by atoms with E-state index in [0.29, 0.717) is 5.92 Å². The van der Waals surface area contributed by atoms with E-state index in [-0.39, 0.29) is 17.4 Å². The number of carboxylic acid groups (broad SMARTS) is 1. The lowest BCUT2D eigenvalue weighted by Crippen LogP contribution is -2.21. The second-order valence-corrected chi connectivity index (χ2v) is 5.09. The van der Waals surface area contributed by atoms with Crippen molar-refractivity contribution >= 4 is 16.8 Å². The fraction of sp³-hybridized carbons (Fsp3) is 0.875. The standard InChI is InChI=1S/C8H16O3S/c1-6(2)7(3)12(11)5-4-8(9)10/h6-7H,4-5H2,1-3H3,(H,9,10). The van der Waals surface area contributed by atoms with Crippen molar-refractivity contribution in [3.8, 4) is 0 Å². The van der Waals surface area contributed by atoms with Crippen LogP contribution >= 0.6 is 0 Å². The molecule has 0 saturated heterocycles. The van der Waals surface area contributed by atoms with Crippen molar-refractivity contribution in [3.05, 3.63) is 0 Å². The average Bonchev–Trinajstić information content (AvgIpc) is 1.98. The van der Waals surface area contributed by atoms with E-state index in [0.717, 1.165) is 0 Å². The molecule has 3 nitrogen and oxygen atoms in total. The zero-order valence-corrected chi connectivity index (χ0v) is 8.56. The molecule has 0 heterocycles. The van der Waals surface area contributed by atoms with Gasteiger partial charge in [0.1, 0.15) is 0 Å². The van der Waals surface area contributed by atoms with Crippen molar-refractivity contribution in [3.63, 3.8) is 0 Å². The van der Waals surface area contributed by atoms with Crippen LogP contribution < -0.4 is 0 Å². The predicted octanol–water partition coefficient (Wildman–Crippen LogP) is 1.25. The maximum absolute atomic E-state index is 11.3. The molecule has 1 N–H and O–H groups in total. The third-order valence-electron chi connectivity index (χ3n) is 1.87. The minimum atomic E-state index is -0.996. The molecule has 0 aromatic carbocycles. The van der Waals surface area contributed by atoms with E-state index in [2.05, 4.69) is 0 Å². The molecule has 0 aromatic rings. The van der Waals surface area contributed by atoms with Gasteiger partial charge in [-0.15, -0.1) is 0 Å². The molecule has 0 rings (SSSR count). The third kappa shape index (κ3) is 4.49. The quantitative estimate of drug-likeness (QED) is 0.713. The van der Waals surface area contributed by atoms with Gasteiger partial charge in [-0.1, -0.05) is 20.8 Å². The second-order valence-electron chi connectivity index (χ2n) is 3.18. The molecule has 0 aliphatic heterocycles. The Morgan fingerprint density at radius 3 is 2.25 bits per heavy atom. The summed E-state index contributed by atoms with van der Waals surface area (Å²) in [5, 5.41) is 8.44. The molecule has 0 amide bonds. The van der Waals surface area contributed by atoms with Gasteiger partial charge < -0.3 is 5.11 Å². The van der Waals surface area contributed by atoms with Crippen molar-refractivity contribution in [2.45, 2.75) is 32.4 Å². The Hall–Kier alpha value is -0.380. The number of rotatable bonds is 5. The lowest BCUT2D eigenvalue weighted by atomic mass is 10.2. The van der Waals surface area contributed by atoms with Gasteiger partial charge >= 0.3 is 5.97 Å². The molecule has 12 heavy (non-hydrogen) atoms. The number of carboxylic acids is 1. The number of hydrogen-bond donors (Lipinski definition) is 1. The largest absolute Gasteiger partial charge is 0.481 e. The Kier molecular flexibility index (Phi) is 5.13. The van der Waals surface area contributed by atoms with Crippen LogP contribution in [0.4, 0.5) is 0 Å². The summed E-state index contributed by atoms with van der Waals surface area (Å²) in [4.78, 5) is 10.2. The molecule has 2 unspecified atom stereocenters. The van der Waals surface area contributed by atoms with Crippen LogP contribution in [-0.2, 0) is 15.6 Å². The SMILES string of the molecule is CC(C)C(C)S(=O)CCC(=O)O. The highest BCUT2D eigenvalue weighted by atomic mass is 32.2. The van der Waals surface area contributed by atoms with Crippen LogP contribution in [0.5, 0.6) is 0 Å². The first kappa shape index (κ1) is 11.6. The van der Waals surface area contributed by atoms with E-state index in [1.165, 1.54) is 0 Å². The summed E-state index contributed by atoms with van der Waals surface area (Å²) in [6.07, 6.45) is 0.00364. The highest BCUT2D eigenvalue weighted by Crippen LogP contribution is 2.09. The van der Waals surface area contributed by atoms with Gasteiger partial charge in [0.15, 0.2) is 0 Å². The maximum atomic E-state index is 11.3. The minimum absolute atomic E-state index is 0.00364. The topological polar surface area (TPSA) is 54.4 Å². The molecule has 4 heteroatoms. The summed E-state index contributed by atoms with van der Waals surface area (Å²) in [6, 6.07) is 0. The molecule has 2 atom stereocenters. The lowest BCUT2D eigenvalue weighted by Gasteiger charge is -2.13. The van der Waals surface area contributed by atoms with Crippen LogP contribution in [0, 0.1) is 5.92 Å². The number of carbonyl (C=O) groups is 1. The van der Waals surface area contributed by atoms with Gasteiger partial charge in [0.2, 0.25) is 0 Å². The summed E-state index contributed by atoms with van der Waals surface area (Å²) in [6.45, 7) is 5.87. The summed E-state index contributed by atoms with van der Waals surface area (Å²) < 4.78 is 11.3. The van der Waals surface area contributed by atoms with Crippen molar-refractivity contribution in [1.82, 2.24) is 0 Å². The minimum Gasteiger partial charge on any atom is -0.481 e. The second kappa shape index (κ2) is 5.30. The maximum Gasteiger partial charge on any atom is 0.304 e. The van der Waals surface area contributed by atoms with Gasteiger partial charge in [-0.05, 0) is 5.92 Å². The highest BCUT2D eigenvalue weighted by molar-refractivity contribution is 7.85. The molecule has 0 aromatic heterocycles. The van der Waals surface area contributed by atoms with Crippen molar-refractivity contribution in [2.24, 2.45) is 5.92 Å². The van der Waals surface area contributed by atoms with Crippen LogP contribution in [0.25, 0.3) is 0 Å². The van der Waals surface area contributed by atoms with Gasteiger partial charge in [0.25, 0.3) is 0 Å². The van der Waals surface area contributed by atoms with E-state index < -0.39 is 16.8 Å². The third-order valence-corrected chi connectivity index (χ3v) is 3.85. The molecule has 0 radical (unpaired) electrons. The Bertz CT molecular complexity index is 177. The van der Waals surface area contributed by atoms with E-state index >= 15 is 0 Å². The molecule has 0 aliphatic carbocycles. The molecule has 0 aliphatic rings. The summed E-state index contributed by atoms with van der Waals surface area (Å²) in [5.41, 5.74) is 0. The van der Waals surface area contributed by atoms with Gasteiger partial charge in [0.05, 0.1) is 6.42 Å². The zero-order valence-electron chi connectivity index (χ0n) is 7.74. The first-order valence-electron chi connectivity index (χ1n) is 4.04. The van der Waals surface area contributed by atoms with Gasteiger partial charge in [-0.2, -0.15) is 0 Å². The smallest absolute Gasteiger partial charge is 0.304 e. The van der Waals surface area contributed by atoms with Gasteiger partial charge in [0, 0.05) is 21.8 Å². The Balaban J connectivity index is 3.80. The van der Waals surface area contributed by atoms with Gasteiger partial charge in [-0.25, -0.2) is 0 Å². The lowest BCUT2D eigenvalue weighted by molar-refractivity contribution is -0.136. The van der Waals surface area contributed by atoms with Crippen molar-refractivity contribution in [2.75, 3.05) is 5.75 Å². The molecular weight excluding hydrogens is 176 g/mol. The van der Waals surface area contributed by atoms with Crippen molar-refractivity contribution < 1.29 is 14.1 Å². The Morgan fingerprint density at radius 2 is 1.92 bits per heavy atom. The van der Waals surface area contributed by atoms with Crippen LogP contribution in [0.3, 0.4) is 0 Å². The first-order chi connectivity index (χ1) is 5.45. The van der Waals surface area contributed by atoms with Crippen molar-refractivity contribution in [1.29, 1.82) is 0 Å². The van der Waals surface area contributed by atoms with Crippen LogP contribution in [0.15, 0.2) is 0 Å². The number of hydrogen-bond acceptors (Lipinski definition) is 2. The van der Waals surface area contributed by atoms with E-state index in [4.69, 9.17) is 5.11 Å². The molecule has 0 fully saturated rings. The molecule has 0 spiro atoms. The highest BCUT2D eigenvalue weighted by Gasteiger charge is 2.15. The molecule has 0 saturated carbocycles. The fourth-order valence-electron chi connectivity index (χ4n) is 0.677. The Morgan fingerprint density at radius 1 is 1.42 bits per heavy atom. The van der Waals surface area contributed by atoms with Gasteiger partial charge in [-0.3, -0.25) is 9.00 Å². The van der Waals surface area contributed by atoms with E-state index in [1.54, 1.807) is 0 Å². The monoisotopic (exact) mass is 192 g/mol. The van der Waals surface area contributed by atoms with Crippen LogP contribution in [-0.4, -0.2) is 26.3 Å². The van der Waals surface area contributed by atoms with E-state index in [1.807, 2.05) is 20.8 Å². The molecule has 0 bridgehead atoms. The van der Waals surface area contributed by atoms with Crippen LogP contribution in [0.1, 0.15) is 27.2 Å². The number of aliphatic carboxylic acids is 1. The summed E-state index contributed by atoms with van der Waals surface area (Å²) in [7, 11) is -0.996. The first-order valence-corrected chi connectivity index (χ1v) is 5.42. The summed E-state index contributed by atoms with van der Waals surface area (Å²) in [5.74, 6) is -0.256. The summed E-state index contributed by atoms with van der Waals surface area (Å²) >= 11 is 0. The fourth-order valence-corrected chi connectivity index (χ4v) is 2.03. The van der Waals surface area contributed by atoms with Crippen LogP contribution in [0.2, 0.25) is 0 Å². The molecule has 72 valence electrons. The molecular formula is C8H16O3S. The van der Waals surface area contributed by atoms with E-state index in [9.17, 15) is 9.00 Å². The zero-order chi connectivity index (χ0) is 9.72. The Labute approximate surface area is 75.6 Å². The predicted molar refractivity (Wildman–Crippen MR) is 49.6 cm³/mol. The average molecular weight is 192 g/mol.